The van der Waals surface area contributed by atoms with Crippen molar-refractivity contribution in [2.24, 2.45) is 0 Å². The topological polar surface area (TPSA) is 67.9 Å². The number of benzene rings is 1. The summed E-state index contributed by atoms with van der Waals surface area (Å²) in [6.07, 6.45) is 0. The van der Waals surface area contributed by atoms with Crippen LogP contribution in [0.2, 0.25) is 0 Å². The highest BCUT2D eigenvalue weighted by atomic mass is 19.1. The van der Waals surface area contributed by atoms with Gasteiger partial charge in [0.25, 0.3) is 0 Å². The van der Waals surface area contributed by atoms with Crippen molar-refractivity contribution in [3.8, 4) is 0 Å². The normalized spacial score (nSPS) is 10.3. The Bertz CT molecular complexity index is 488. The molecule has 0 saturated carbocycles. The van der Waals surface area contributed by atoms with Gasteiger partial charge in [0, 0.05) is 39.4 Å². The second-order valence-corrected chi connectivity index (χ2v) is 4.55. The van der Waals surface area contributed by atoms with Crippen molar-refractivity contribution in [3.05, 3.63) is 35.6 Å². The highest BCUT2D eigenvalue weighted by Crippen LogP contribution is 2.05. The van der Waals surface area contributed by atoms with E-state index in [1.165, 1.54) is 25.2 Å². The summed E-state index contributed by atoms with van der Waals surface area (Å²) in [6, 6.07) is 6.07. The van der Waals surface area contributed by atoms with Gasteiger partial charge in [0.15, 0.2) is 0 Å². The first-order valence-electron chi connectivity index (χ1n) is 6.88. The molecule has 0 aliphatic carbocycles. The van der Waals surface area contributed by atoms with E-state index in [9.17, 15) is 14.0 Å². The SMILES string of the molecule is COCCN(CCOC)C(=O)C(=O)NCc1ccccc1F. The quantitative estimate of drug-likeness (QED) is 0.712. The van der Waals surface area contributed by atoms with Gasteiger partial charge in [-0.2, -0.15) is 0 Å². The maximum atomic E-state index is 13.5. The zero-order valence-electron chi connectivity index (χ0n) is 12.8. The monoisotopic (exact) mass is 312 g/mol. The molecule has 1 aromatic rings. The van der Waals surface area contributed by atoms with Crippen molar-refractivity contribution in [1.82, 2.24) is 10.2 Å². The maximum Gasteiger partial charge on any atom is 0.312 e. The molecule has 0 atom stereocenters. The first-order valence-corrected chi connectivity index (χ1v) is 6.88. The van der Waals surface area contributed by atoms with Crippen LogP contribution in [-0.4, -0.2) is 57.2 Å². The van der Waals surface area contributed by atoms with Crippen molar-refractivity contribution < 1.29 is 23.5 Å². The molecule has 1 N–H and O–H groups in total. The molecule has 6 nitrogen and oxygen atoms in total. The second-order valence-electron chi connectivity index (χ2n) is 4.55. The molecule has 0 aliphatic rings. The molecule has 2 amide bonds. The minimum atomic E-state index is -0.782. The summed E-state index contributed by atoms with van der Waals surface area (Å²) < 4.78 is 23.3. The first-order chi connectivity index (χ1) is 10.6. The van der Waals surface area contributed by atoms with Gasteiger partial charge in [0.05, 0.1) is 13.2 Å². The van der Waals surface area contributed by atoms with Crippen LogP contribution < -0.4 is 5.32 Å². The molecule has 0 bridgehead atoms. The molecule has 22 heavy (non-hydrogen) atoms. The standard InChI is InChI=1S/C15H21FN2O4/c1-21-9-7-18(8-10-22-2)15(20)14(19)17-11-12-5-3-4-6-13(12)16/h3-6H,7-11H2,1-2H3,(H,17,19). The van der Waals surface area contributed by atoms with Gasteiger partial charge in [0.2, 0.25) is 0 Å². The summed E-state index contributed by atoms with van der Waals surface area (Å²) in [5, 5.41) is 2.42. The van der Waals surface area contributed by atoms with Crippen LogP contribution in [0, 0.1) is 5.82 Å². The number of carbonyl (C=O) groups is 2. The van der Waals surface area contributed by atoms with Crippen LogP contribution in [0.1, 0.15) is 5.56 Å². The van der Waals surface area contributed by atoms with Crippen molar-refractivity contribution in [1.29, 1.82) is 0 Å². The Kier molecular flexibility index (Phi) is 8.09. The summed E-state index contributed by atoms with van der Waals surface area (Å²) in [7, 11) is 3.02. The van der Waals surface area contributed by atoms with Crippen LogP contribution >= 0.6 is 0 Å². The van der Waals surface area contributed by atoms with E-state index in [1.807, 2.05) is 0 Å². The van der Waals surface area contributed by atoms with E-state index in [2.05, 4.69) is 5.32 Å². The molecule has 0 aromatic heterocycles. The van der Waals surface area contributed by atoms with Gasteiger partial charge in [-0.15, -0.1) is 0 Å². The molecule has 0 aliphatic heterocycles. The number of methoxy groups -OCH3 is 2. The van der Waals surface area contributed by atoms with Gasteiger partial charge in [-0.1, -0.05) is 18.2 Å². The van der Waals surface area contributed by atoms with E-state index in [4.69, 9.17) is 9.47 Å². The minimum absolute atomic E-state index is 0.0420. The number of nitrogens with one attached hydrogen (secondary N) is 1. The molecule has 1 aromatic carbocycles. The van der Waals surface area contributed by atoms with Crippen molar-refractivity contribution in [2.75, 3.05) is 40.5 Å². The fraction of sp³-hybridized carbons (Fsp3) is 0.467. The number of rotatable bonds is 8. The predicted octanol–water partition coefficient (Wildman–Crippen LogP) is 0.563. The highest BCUT2D eigenvalue weighted by Gasteiger charge is 2.21. The molecule has 0 spiro atoms. The van der Waals surface area contributed by atoms with Crippen LogP contribution in [0.3, 0.4) is 0 Å². The predicted molar refractivity (Wildman–Crippen MR) is 78.6 cm³/mol. The molecule has 0 saturated heterocycles. The lowest BCUT2D eigenvalue weighted by Gasteiger charge is -2.21. The highest BCUT2D eigenvalue weighted by molar-refractivity contribution is 6.34. The Labute approximate surface area is 129 Å². The molecule has 0 radical (unpaired) electrons. The number of nitrogens with zero attached hydrogens (tertiary/aromatic N) is 1. The molecule has 0 unspecified atom stereocenters. The molecular weight excluding hydrogens is 291 g/mol. The summed E-state index contributed by atoms with van der Waals surface area (Å²) in [4.78, 5) is 25.3. The number of halogens is 1. The maximum absolute atomic E-state index is 13.5. The fourth-order valence-corrected chi connectivity index (χ4v) is 1.75. The Morgan fingerprint density at radius 3 is 2.27 bits per heavy atom. The third-order valence-electron chi connectivity index (χ3n) is 3.01. The van der Waals surface area contributed by atoms with E-state index in [0.29, 0.717) is 18.8 Å². The van der Waals surface area contributed by atoms with Gasteiger partial charge in [0.1, 0.15) is 5.82 Å². The largest absolute Gasteiger partial charge is 0.383 e. The van der Waals surface area contributed by atoms with Crippen molar-refractivity contribution in [3.63, 3.8) is 0 Å². The van der Waals surface area contributed by atoms with Crippen LogP contribution in [0.5, 0.6) is 0 Å². The lowest BCUT2D eigenvalue weighted by atomic mass is 10.2. The van der Waals surface area contributed by atoms with Gasteiger partial charge in [-0.05, 0) is 6.07 Å². The second kappa shape index (κ2) is 9.86. The van der Waals surface area contributed by atoms with Gasteiger partial charge >= 0.3 is 11.8 Å². The average Bonchev–Trinajstić information content (AvgIpc) is 2.53. The van der Waals surface area contributed by atoms with Crippen molar-refractivity contribution >= 4 is 11.8 Å². The number of ether oxygens (including phenoxy) is 2. The van der Waals surface area contributed by atoms with Crippen molar-refractivity contribution in [2.45, 2.75) is 6.54 Å². The van der Waals surface area contributed by atoms with Gasteiger partial charge < -0.3 is 19.7 Å². The summed E-state index contributed by atoms with van der Waals surface area (Å²) >= 11 is 0. The number of hydrogen-bond acceptors (Lipinski definition) is 4. The minimum Gasteiger partial charge on any atom is -0.383 e. The van der Waals surface area contributed by atoms with Crippen LogP contribution in [0.25, 0.3) is 0 Å². The first kappa shape index (κ1) is 18.1. The third-order valence-corrected chi connectivity index (χ3v) is 3.01. The number of carbonyl (C=O) groups excluding carboxylic acids is 2. The molecular formula is C15H21FN2O4. The van der Waals surface area contributed by atoms with E-state index >= 15 is 0 Å². The Morgan fingerprint density at radius 2 is 1.73 bits per heavy atom. The Balaban J connectivity index is 2.57. The summed E-state index contributed by atoms with van der Waals surface area (Å²) in [6.45, 7) is 1.16. The zero-order valence-corrected chi connectivity index (χ0v) is 12.8. The number of amides is 2. The smallest absolute Gasteiger partial charge is 0.312 e. The summed E-state index contributed by atoms with van der Waals surface area (Å²) in [5.41, 5.74) is 0.323. The summed E-state index contributed by atoms with van der Waals surface area (Å²) in [5.74, 6) is -1.90. The average molecular weight is 312 g/mol. The molecule has 0 fully saturated rings. The molecule has 122 valence electrons. The van der Waals surface area contributed by atoms with Gasteiger partial charge in [-0.3, -0.25) is 9.59 Å². The van der Waals surface area contributed by atoms with Crippen LogP contribution in [-0.2, 0) is 25.6 Å². The van der Waals surface area contributed by atoms with Crippen LogP contribution in [0.15, 0.2) is 24.3 Å². The van der Waals surface area contributed by atoms with Gasteiger partial charge in [-0.25, -0.2) is 4.39 Å². The van der Waals surface area contributed by atoms with Crippen LogP contribution in [0.4, 0.5) is 4.39 Å². The Morgan fingerprint density at radius 1 is 1.14 bits per heavy atom. The van der Waals surface area contributed by atoms with E-state index in [0.717, 1.165) is 0 Å². The zero-order chi connectivity index (χ0) is 16.4. The lowest BCUT2D eigenvalue weighted by molar-refractivity contribution is -0.146. The number of hydrogen-bond donors (Lipinski definition) is 1. The third kappa shape index (κ3) is 5.79. The van der Waals surface area contributed by atoms with E-state index in [1.54, 1.807) is 18.2 Å². The molecule has 7 heteroatoms. The molecule has 1 rings (SSSR count). The fourth-order valence-electron chi connectivity index (χ4n) is 1.75. The lowest BCUT2D eigenvalue weighted by Crippen LogP contribution is -2.45. The molecule has 0 heterocycles. The van der Waals surface area contributed by atoms with E-state index < -0.39 is 17.6 Å². The van der Waals surface area contributed by atoms with E-state index in [-0.39, 0.29) is 19.6 Å². The Hall–Kier alpha value is -1.99.